The van der Waals surface area contributed by atoms with Gasteiger partial charge in [-0.3, -0.25) is 9.59 Å². The van der Waals surface area contributed by atoms with E-state index in [9.17, 15) is 14.7 Å². The van der Waals surface area contributed by atoms with Gasteiger partial charge in [0.1, 0.15) is 16.1 Å². The Bertz CT molecular complexity index is 698. The zero-order valence-electron chi connectivity index (χ0n) is 10.9. The van der Waals surface area contributed by atoms with E-state index >= 15 is 0 Å². The zero-order valence-corrected chi connectivity index (χ0v) is 11.8. The van der Waals surface area contributed by atoms with Crippen molar-refractivity contribution in [3.8, 4) is 5.75 Å². The number of aromatic hydroxyl groups is 1. The fraction of sp³-hybridized carbons (Fsp3) is 0.429. The molecule has 2 heterocycles. The molecule has 1 fully saturated rings. The van der Waals surface area contributed by atoms with Gasteiger partial charge in [-0.05, 0) is 24.3 Å². The molecule has 106 valence electrons. The molecule has 0 aromatic carbocycles. The average Bonchev–Trinajstić information content (AvgIpc) is 2.88. The number of rotatable bonds is 2. The van der Waals surface area contributed by atoms with E-state index in [1.807, 2.05) is 0 Å². The summed E-state index contributed by atoms with van der Waals surface area (Å²) in [4.78, 5) is 27.4. The standard InChI is InChI=1S/C14H16N2O3S/c17-11-9-6-7-20-14(9)16-13(19)10(11)12(18)15-8-4-2-1-3-5-8/h6-8H,1-5H2,(H,15,18)(H2,16,17,19). The highest BCUT2D eigenvalue weighted by Gasteiger charge is 2.23. The molecule has 2 aromatic heterocycles. The lowest BCUT2D eigenvalue weighted by atomic mass is 9.95. The molecule has 3 rings (SSSR count). The monoisotopic (exact) mass is 292 g/mol. The third kappa shape index (κ3) is 2.31. The molecule has 0 saturated heterocycles. The molecular formula is C14H16N2O3S. The fourth-order valence-electron chi connectivity index (χ4n) is 2.72. The predicted octanol–water partition coefficient (Wildman–Crippen LogP) is 2.36. The van der Waals surface area contributed by atoms with Crippen molar-refractivity contribution < 1.29 is 9.90 Å². The summed E-state index contributed by atoms with van der Waals surface area (Å²) < 4.78 is 0. The minimum absolute atomic E-state index is 0.105. The maximum absolute atomic E-state index is 12.2. The molecule has 6 heteroatoms. The summed E-state index contributed by atoms with van der Waals surface area (Å²) >= 11 is 1.32. The number of aromatic nitrogens is 1. The number of H-pyrrole nitrogens is 1. The van der Waals surface area contributed by atoms with Gasteiger partial charge in [-0.15, -0.1) is 11.3 Å². The summed E-state index contributed by atoms with van der Waals surface area (Å²) in [6.07, 6.45) is 5.25. The number of pyridine rings is 1. The van der Waals surface area contributed by atoms with Gasteiger partial charge in [0.25, 0.3) is 11.5 Å². The SMILES string of the molecule is O=C(NC1CCCCC1)c1c(O)c2ccsc2[nH]c1=O. The largest absolute Gasteiger partial charge is 0.506 e. The molecule has 1 aliphatic rings. The van der Waals surface area contributed by atoms with E-state index in [-0.39, 0.29) is 17.4 Å². The smallest absolute Gasteiger partial charge is 0.265 e. The maximum atomic E-state index is 12.2. The van der Waals surface area contributed by atoms with Crippen molar-refractivity contribution in [1.29, 1.82) is 0 Å². The molecule has 5 nitrogen and oxygen atoms in total. The molecule has 1 aliphatic carbocycles. The molecule has 2 aromatic rings. The van der Waals surface area contributed by atoms with Crippen LogP contribution in [0.3, 0.4) is 0 Å². The second-order valence-corrected chi connectivity index (χ2v) is 6.07. The van der Waals surface area contributed by atoms with E-state index < -0.39 is 11.5 Å². The van der Waals surface area contributed by atoms with Crippen LogP contribution in [-0.2, 0) is 0 Å². The second kappa shape index (κ2) is 5.28. The minimum Gasteiger partial charge on any atom is -0.506 e. The van der Waals surface area contributed by atoms with Crippen LogP contribution < -0.4 is 10.9 Å². The third-order valence-electron chi connectivity index (χ3n) is 3.78. The van der Waals surface area contributed by atoms with Crippen LogP contribution in [0.1, 0.15) is 42.5 Å². The van der Waals surface area contributed by atoms with Crippen molar-refractivity contribution in [2.75, 3.05) is 0 Å². The van der Waals surface area contributed by atoms with Crippen LogP contribution >= 0.6 is 11.3 Å². The average molecular weight is 292 g/mol. The predicted molar refractivity (Wildman–Crippen MR) is 78.4 cm³/mol. The molecule has 0 radical (unpaired) electrons. The molecule has 0 spiro atoms. The van der Waals surface area contributed by atoms with Gasteiger partial charge in [-0.1, -0.05) is 19.3 Å². The lowest BCUT2D eigenvalue weighted by Crippen LogP contribution is -2.38. The summed E-state index contributed by atoms with van der Waals surface area (Å²) in [7, 11) is 0. The number of hydrogen-bond donors (Lipinski definition) is 3. The van der Waals surface area contributed by atoms with Gasteiger partial charge in [0, 0.05) is 6.04 Å². The Kier molecular flexibility index (Phi) is 3.48. The maximum Gasteiger partial charge on any atom is 0.265 e. The third-order valence-corrected chi connectivity index (χ3v) is 4.61. The molecule has 0 atom stereocenters. The number of thiophene rings is 1. The zero-order chi connectivity index (χ0) is 14.1. The highest BCUT2D eigenvalue weighted by Crippen LogP contribution is 2.28. The van der Waals surface area contributed by atoms with E-state index in [0.29, 0.717) is 10.2 Å². The van der Waals surface area contributed by atoms with Crippen LogP contribution in [0.25, 0.3) is 10.2 Å². The Morgan fingerprint density at radius 2 is 2.10 bits per heavy atom. The first-order valence-electron chi connectivity index (χ1n) is 6.80. The highest BCUT2D eigenvalue weighted by atomic mass is 32.1. The Morgan fingerprint density at radius 3 is 2.85 bits per heavy atom. The number of nitrogens with one attached hydrogen (secondary N) is 2. The number of hydrogen-bond acceptors (Lipinski definition) is 4. The van der Waals surface area contributed by atoms with E-state index in [4.69, 9.17) is 0 Å². The van der Waals surface area contributed by atoms with Gasteiger partial charge in [-0.2, -0.15) is 0 Å². The van der Waals surface area contributed by atoms with E-state index in [1.54, 1.807) is 11.4 Å². The summed E-state index contributed by atoms with van der Waals surface area (Å²) in [5, 5.41) is 15.3. The number of carbonyl (C=O) groups is 1. The van der Waals surface area contributed by atoms with Crippen LogP contribution in [0.2, 0.25) is 0 Å². The van der Waals surface area contributed by atoms with E-state index in [2.05, 4.69) is 10.3 Å². The molecular weight excluding hydrogens is 276 g/mol. The molecule has 1 amide bonds. The first kappa shape index (κ1) is 13.2. The van der Waals surface area contributed by atoms with Crippen molar-refractivity contribution in [2.45, 2.75) is 38.1 Å². The van der Waals surface area contributed by atoms with Crippen molar-refractivity contribution in [3.05, 3.63) is 27.4 Å². The summed E-state index contributed by atoms with van der Waals surface area (Å²) in [6.45, 7) is 0. The Morgan fingerprint density at radius 1 is 1.35 bits per heavy atom. The van der Waals surface area contributed by atoms with Crippen molar-refractivity contribution in [1.82, 2.24) is 10.3 Å². The van der Waals surface area contributed by atoms with E-state index in [0.717, 1.165) is 25.7 Å². The molecule has 20 heavy (non-hydrogen) atoms. The lowest BCUT2D eigenvalue weighted by Gasteiger charge is -2.22. The van der Waals surface area contributed by atoms with Gasteiger partial charge in [0.15, 0.2) is 0 Å². The van der Waals surface area contributed by atoms with E-state index in [1.165, 1.54) is 17.8 Å². The minimum atomic E-state index is -0.536. The van der Waals surface area contributed by atoms with Crippen molar-refractivity contribution in [3.63, 3.8) is 0 Å². The van der Waals surface area contributed by atoms with Gasteiger partial charge in [0.2, 0.25) is 0 Å². The first-order valence-corrected chi connectivity index (χ1v) is 7.68. The quantitative estimate of drug-likeness (QED) is 0.794. The normalized spacial score (nSPS) is 16.4. The number of fused-ring (bicyclic) bond motifs is 1. The summed E-state index contributed by atoms with van der Waals surface area (Å²) in [5.41, 5.74) is -0.716. The van der Waals surface area contributed by atoms with Crippen molar-refractivity contribution >= 4 is 27.5 Å². The Balaban J connectivity index is 1.92. The fourth-order valence-corrected chi connectivity index (χ4v) is 3.50. The first-order chi connectivity index (χ1) is 9.66. The van der Waals surface area contributed by atoms with Gasteiger partial charge >= 0.3 is 0 Å². The van der Waals surface area contributed by atoms with Crippen LogP contribution in [0.4, 0.5) is 0 Å². The van der Waals surface area contributed by atoms with Gasteiger partial charge < -0.3 is 15.4 Å². The summed E-state index contributed by atoms with van der Waals surface area (Å²) in [5.74, 6) is -0.706. The van der Waals surface area contributed by atoms with Gasteiger partial charge in [0.05, 0.1) is 5.39 Å². The van der Waals surface area contributed by atoms with Crippen LogP contribution in [0.5, 0.6) is 5.75 Å². The Hall–Kier alpha value is -1.82. The molecule has 0 bridgehead atoms. The van der Waals surface area contributed by atoms with Crippen LogP contribution in [-0.4, -0.2) is 22.0 Å². The lowest BCUT2D eigenvalue weighted by molar-refractivity contribution is 0.0923. The number of aromatic amines is 1. The highest BCUT2D eigenvalue weighted by molar-refractivity contribution is 7.16. The summed E-state index contributed by atoms with van der Waals surface area (Å²) in [6, 6.07) is 1.80. The molecule has 3 N–H and O–H groups in total. The molecule has 0 unspecified atom stereocenters. The van der Waals surface area contributed by atoms with Crippen molar-refractivity contribution in [2.24, 2.45) is 0 Å². The second-order valence-electron chi connectivity index (χ2n) is 5.15. The molecule has 0 aliphatic heterocycles. The van der Waals surface area contributed by atoms with Crippen LogP contribution in [0.15, 0.2) is 16.2 Å². The topological polar surface area (TPSA) is 82.2 Å². The van der Waals surface area contributed by atoms with Crippen LogP contribution in [0, 0.1) is 0 Å². The molecule has 1 saturated carbocycles. The Labute approximate surface area is 119 Å². The number of carbonyl (C=O) groups excluding carboxylic acids is 1. The number of amides is 1. The van der Waals surface area contributed by atoms with Gasteiger partial charge in [-0.25, -0.2) is 0 Å².